The van der Waals surface area contributed by atoms with Gasteiger partial charge in [-0.1, -0.05) is 29.8 Å². The summed E-state index contributed by atoms with van der Waals surface area (Å²) in [6, 6.07) is 17.8. The van der Waals surface area contributed by atoms with Crippen molar-refractivity contribution in [2.24, 2.45) is 5.73 Å². The molecule has 0 aliphatic heterocycles. The predicted octanol–water partition coefficient (Wildman–Crippen LogP) is 2.85. The molecule has 3 rings (SSSR count). The Morgan fingerprint density at radius 3 is 2.47 bits per heavy atom. The van der Waals surface area contributed by atoms with Gasteiger partial charge in [-0.15, -0.1) is 0 Å². The van der Waals surface area contributed by atoms with Crippen LogP contribution in [0, 0.1) is 13.8 Å². The number of rotatable bonds is 7. The number of nitrogens with one attached hydrogen (secondary N) is 2. The van der Waals surface area contributed by atoms with E-state index < -0.39 is 6.09 Å². The normalized spacial score (nSPS) is 10.0. The molecule has 9 nitrogen and oxygen atoms in total. The molecule has 2 amide bonds. The first-order chi connectivity index (χ1) is 16.3. The minimum Gasteiger partial charge on any atom is -0.450 e. The summed E-state index contributed by atoms with van der Waals surface area (Å²) >= 11 is 0. The fourth-order valence-electron chi connectivity index (χ4n) is 2.86. The van der Waals surface area contributed by atoms with Crippen LogP contribution in [0.3, 0.4) is 0 Å². The van der Waals surface area contributed by atoms with Gasteiger partial charge in [0.05, 0.1) is 18.8 Å². The number of aromatic nitrogens is 2. The first kappa shape index (κ1) is 26.3. The zero-order valence-corrected chi connectivity index (χ0v) is 19.7. The molecule has 1 aromatic heterocycles. The van der Waals surface area contributed by atoms with Crippen molar-refractivity contribution in [3.8, 4) is 0 Å². The van der Waals surface area contributed by atoms with Gasteiger partial charge in [-0.05, 0) is 56.7 Å². The van der Waals surface area contributed by atoms with Crippen LogP contribution in [0.1, 0.15) is 34.1 Å². The molecule has 2 aromatic carbocycles. The number of amides is 2. The Morgan fingerprint density at radius 2 is 1.79 bits per heavy atom. The van der Waals surface area contributed by atoms with Crippen LogP contribution in [-0.2, 0) is 11.3 Å². The van der Waals surface area contributed by atoms with Crippen molar-refractivity contribution in [2.45, 2.75) is 27.3 Å². The molecule has 0 bridgehead atoms. The number of nitrogens with zero attached hydrogens (tertiary/aromatic N) is 2. The third-order valence-corrected chi connectivity index (χ3v) is 4.52. The fourth-order valence-corrected chi connectivity index (χ4v) is 2.86. The number of nitrogens with two attached hydrogens (primary N) is 1. The Kier molecular flexibility index (Phi) is 10.5. The Balaban J connectivity index is 0.000000270. The molecule has 0 aliphatic carbocycles. The van der Waals surface area contributed by atoms with Crippen LogP contribution in [0.15, 0.2) is 65.5 Å². The number of aryl methyl sites for hydroxylation is 2. The third kappa shape index (κ3) is 8.87. The number of carbonyl (C=O) groups is 2. The highest BCUT2D eigenvalue weighted by molar-refractivity contribution is 5.94. The van der Waals surface area contributed by atoms with Crippen molar-refractivity contribution in [1.29, 1.82) is 0 Å². The molecule has 180 valence electrons. The molecular weight excluding hydrogens is 434 g/mol. The van der Waals surface area contributed by atoms with Gasteiger partial charge in [0.1, 0.15) is 0 Å². The number of anilines is 1. The average molecular weight is 466 g/mol. The molecule has 0 atom stereocenters. The summed E-state index contributed by atoms with van der Waals surface area (Å²) in [6.45, 7) is 7.21. The number of benzene rings is 2. The van der Waals surface area contributed by atoms with Crippen molar-refractivity contribution in [3.05, 3.63) is 93.4 Å². The minimum atomic E-state index is -0.500. The van der Waals surface area contributed by atoms with Crippen molar-refractivity contribution < 1.29 is 14.3 Å². The predicted molar refractivity (Wildman–Crippen MR) is 132 cm³/mol. The summed E-state index contributed by atoms with van der Waals surface area (Å²) in [7, 11) is 0. The molecular formula is C25H31N5O4. The Bertz CT molecular complexity index is 1140. The monoisotopic (exact) mass is 465 g/mol. The number of carbonyl (C=O) groups excluding carboxylic acids is 2. The van der Waals surface area contributed by atoms with Gasteiger partial charge in [0.25, 0.3) is 11.5 Å². The topological polar surface area (TPSA) is 128 Å². The molecule has 0 aliphatic rings. The van der Waals surface area contributed by atoms with Crippen molar-refractivity contribution in [1.82, 2.24) is 15.1 Å². The molecule has 3 aromatic rings. The molecule has 0 saturated carbocycles. The van der Waals surface area contributed by atoms with E-state index in [1.807, 2.05) is 32.0 Å². The standard InChI is InChI=1S/C15H17N3O3.C10H14N2O/c1-3-21-15(20)16-13-6-4-5-12(9-13)10-18-14(19)8-7-11(2)17-18;1-8-2-4-9(5-3-8)10(13)12-7-6-11/h4-9H,3,10H2,1-2H3,(H,16,20);2-5H,6-7,11H2,1H3,(H,12,13). The summed E-state index contributed by atoms with van der Waals surface area (Å²) in [4.78, 5) is 34.5. The maximum Gasteiger partial charge on any atom is 0.411 e. The molecule has 0 spiro atoms. The van der Waals surface area contributed by atoms with E-state index in [0.29, 0.717) is 37.5 Å². The van der Waals surface area contributed by atoms with Gasteiger partial charge < -0.3 is 15.8 Å². The number of ether oxygens (including phenoxy) is 1. The maximum atomic E-state index is 11.7. The highest BCUT2D eigenvalue weighted by Crippen LogP contribution is 2.11. The van der Waals surface area contributed by atoms with E-state index in [9.17, 15) is 14.4 Å². The first-order valence-corrected chi connectivity index (χ1v) is 10.9. The van der Waals surface area contributed by atoms with Crippen molar-refractivity contribution in [3.63, 3.8) is 0 Å². The van der Waals surface area contributed by atoms with Gasteiger partial charge in [0.15, 0.2) is 0 Å². The van der Waals surface area contributed by atoms with E-state index in [1.165, 1.54) is 10.7 Å². The van der Waals surface area contributed by atoms with E-state index in [1.54, 1.807) is 43.3 Å². The molecule has 34 heavy (non-hydrogen) atoms. The number of hydrogen-bond acceptors (Lipinski definition) is 6. The van der Waals surface area contributed by atoms with Crippen LogP contribution in [-0.4, -0.2) is 41.5 Å². The molecule has 0 saturated heterocycles. The SMILES string of the molecule is CCOC(=O)Nc1cccc(Cn2nc(C)ccc2=O)c1.Cc1ccc(C(=O)NCCN)cc1. The van der Waals surface area contributed by atoms with Crippen molar-refractivity contribution in [2.75, 3.05) is 25.0 Å². The second-order valence-electron chi connectivity index (χ2n) is 7.43. The Morgan fingerprint density at radius 1 is 1.06 bits per heavy atom. The molecule has 9 heteroatoms. The smallest absolute Gasteiger partial charge is 0.411 e. The minimum absolute atomic E-state index is 0.0644. The van der Waals surface area contributed by atoms with Gasteiger partial charge in [0.2, 0.25) is 0 Å². The second kappa shape index (κ2) is 13.5. The average Bonchev–Trinajstić information content (AvgIpc) is 2.81. The van der Waals surface area contributed by atoms with E-state index in [0.717, 1.165) is 16.8 Å². The summed E-state index contributed by atoms with van der Waals surface area (Å²) in [5.41, 5.74) is 9.19. The van der Waals surface area contributed by atoms with Crippen LogP contribution in [0.25, 0.3) is 0 Å². The molecule has 0 fully saturated rings. The largest absolute Gasteiger partial charge is 0.450 e. The molecule has 4 N–H and O–H groups in total. The molecule has 0 radical (unpaired) electrons. The quantitative estimate of drug-likeness (QED) is 0.492. The van der Waals surface area contributed by atoms with Crippen LogP contribution in [0.4, 0.5) is 10.5 Å². The van der Waals surface area contributed by atoms with Gasteiger partial charge >= 0.3 is 6.09 Å². The zero-order valence-electron chi connectivity index (χ0n) is 19.7. The summed E-state index contributed by atoms with van der Waals surface area (Å²) in [5.74, 6) is -0.0644. The zero-order chi connectivity index (χ0) is 24.9. The van der Waals surface area contributed by atoms with Crippen LogP contribution in [0.5, 0.6) is 0 Å². The van der Waals surface area contributed by atoms with Crippen LogP contribution in [0.2, 0.25) is 0 Å². The summed E-state index contributed by atoms with van der Waals surface area (Å²) in [6.07, 6.45) is -0.500. The van der Waals surface area contributed by atoms with Crippen LogP contribution >= 0.6 is 0 Å². The summed E-state index contributed by atoms with van der Waals surface area (Å²) in [5, 5.41) is 9.51. The third-order valence-electron chi connectivity index (χ3n) is 4.52. The Labute approximate surface area is 198 Å². The van der Waals surface area contributed by atoms with Gasteiger partial charge in [0, 0.05) is 30.4 Å². The van der Waals surface area contributed by atoms with Crippen molar-refractivity contribution >= 4 is 17.7 Å². The fraction of sp³-hybridized carbons (Fsp3) is 0.280. The Hall–Kier alpha value is -3.98. The maximum absolute atomic E-state index is 11.7. The van der Waals surface area contributed by atoms with Gasteiger partial charge in [-0.2, -0.15) is 5.10 Å². The lowest BCUT2D eigenvalue weighted by molar-refractivity contribution is 0.0954. The highest BCUT2D eigenvalue weighted by atomic mass is 16.5. The lowest BCUT2D eigenvalue weighted by Gasteiger charge is -2.08. The molecule has 0 unspecified atom stereocenters. The van der Waals surface area contributed by atoms with E-state index in [4.69, 9.17) is 10.5 Å². The first-order valence-electron chi connectivity index (χ1n) is 10.9. The lowest BCUT2D eigenvalue weighted by atomic mass is 10.1. The van der Waals surface area contributed by atoms with Crippen LogP contribution < -0.4 is 21.9 Å². The van der Waals surface area contributed by atoms with Gasteiger partial charge in [-0.3, -0.25) is 14.9 Å². The highest BCUT2D eigenvalue weighted by Gasteiger charge is 2.05. The van der Waals surface area contributed by atoms with E-state index in [2.05, 4.69) is 15.7 Å². The van der Waals surface area contributed by atoms with Gasteiger partial charge in [-0.25, -0.2) is 9.48 Å². The number of hydrogen-bond donors (Lipinski definition) is 3. The second-order valence-corrected chi connectivity index (χ2v) is 7.43. The lowest BCUT2D eigenvalue weighted by Crippen LogP contribution is -2.28. The van der Waals surface area contributed by atoms with E-state index in [-0.39, 0.29) is 11.5 Å². The van der Waals surface area contributed by atoms with E-state index >= 15 is 0 Å². The summed E-state index contributed by atoms with van der Waals surface area (Å²) < 4.78 is 6.21. The molecule has 1 heterocycles.